The van der Waals surface area contributed by atoms with E-state index in [4.69, 9.17) is 0 Å². The van der Waals surface area contributed by atoms with Crippen LogP contribution in [0.1, 0.15) is 18.3 Å². The third kappa shape index (κ3) is 0.897. The maximum Gasteiger partial charge on any atom is 0.114 e. The van der Waals surface area contributed by atoms with E-state index in [-0.39, 0.29) is 0 Å². The Hall–Kier alpha value is -1.38. The number of hydrogen-bond acceptors (Lipinski definition) is 2. The first kappa shape index (κ1) is 7.28. The number of nitrogens with zero attached hydrogens (tertiary/aromatic N) is 2. The highest BCUT2D eigenvalue weighted by Gasteiger charge is 2.04. The molecule has 0 aliphatic rings. The van der Waals surface area contributed by atoms with Crippen LogP contribution in [0.3, 0.4) is 0 Å². The summed E-state index contributed by atoms with van der Waals surface area (Å²) in [4.78, 5) is 4.17. The lowest BCUT2D eigenvalue weighted by atomic mass is 10.2. The number of aromatic amines is 1. The van der Waals surface area contributed by atoms with Crippen molar-refractivity contribution in [2.75, 3.05) is 0 Å². The molecule has 0 amide bonds. The molecule has 0 aliphatic heterocycles. The lowest BCUT2D eigenvalue weighted by Crippen LogP contribution is -1.82. The average molecular weight is 161 g/mol. The molecule has 0 unspecified atom stereocenters. The molecule has 0 spiro atoms. The minimum Gasteiger partial charge on any atom is -0.281 e. The molecular formula is C9H11N3. The summed E-state index contributed by atoms with van der Waals surface area (Å²) in [6, 6.07) is 2.00. The Bertz CT molecular complexity index is 403. The standard InChI is InChI=1S/C9H11N3/c1-3-8-7-4-5-10-6(2)9(7)12-11-8/h4-5H,3H2,1-2H3,(H,11,12). The maximum atomic E-state index is 4.20. The molecule has 0 bridgehead atoms. The van der Waals surface area contributed by atoms with Crippen molar-refractivity contribution in [3.05, 3.63) is 23.7 Å². The minimum absolute atomic E-state index is 0.986. The molecule has 0 atom stereocenters. The summed E-state index contributed by atoms with van der Waals surface area (Å²) in [5, 5.41) is 8.41. The van der Waals surface area contributed by atoms with E-state index in [1.54, 1.807) is 0 Å². The smallest absolute Gasteiger partial charge is 0.114 e. The lowest BCUT2D eigenvalue weighted by Gasteiger charge is -1.92. The molecule has 0 radical (unpaired) electrons. The summed E-state index contributed by atoms with van der Waals surface area (Å²) in [7, 11) is 0. The van der Waals surface area contributed by atoms with Gasteiger partial charge >= 0.3 is 0 Å². The van der Waals surface area contributed by atoms with E-state index in [0.29, 0.717) is 0 Å². The van der Waals surface area contributed by atoms with Crippen LogP contribution >= 0.6 is 0 Å². The van der Waals surface area contributed by atoms with Crippen molar-refractivity contribution in [2.45, 2.75) is 20.3 Å². The van der Waals surface area contributed by atoms with Crippen LogP contribution < -0.4 is 0 Å². The van der Waals surface area contributed by atoms with E-state index in [0.717, 1.165) is 17.6 Å². The van der Waals surface area contributed by atoms with E-state index < -0.39 is 0 Å². The number of hydrogen-bond donors (Lipinski definition) is 1. The lowest BCUT2D eigenvalue weighted by molar-refractivity contribution is 0.986. The van der Waals surface area contributed by atoms with Crippen molar-refractivity contribution in [1.29, 1.82) is 0 Å². The van der Waals surface area contributed by atoms with Crippen LogP contribution in [-0.2, 0) is 6.42 Å². The van der Waals surface area contributed by atoms with Crippen molar-refractivity contribution in [3.8, 4) is 0 Å². The number of nitrogens with one attached hydrogen (secondary N) is 1. The largest absolute Gasteiger partial charge is 0.281 e. The van der Waals surface area contributed by atoms with Gasteiger partial charge in [0.25, 0.3) is 0 Å². The SMILES string of the molecule is CCc1[nH]nc2c(C)nccc12. The number of H-pyrrole nitrogens is 1. The molecule has 0 aliphatic carbocycles. The number of pyridine rings is 1. The normalized spacial score (nSPS) is 10.8. The Kier molecular flexibility index (Phi) is 1.57. The van der Waals surface area contributed by atoms with Gasteiger partial charge in [-0.15, -0.1) is 0 Å². The van der Waals surface area contributed by atoms with E-state index >= 15 is 0 Å². The number of fused-ring (bicyclic) bond motifs is 1. The van der Waals surface area contributed by atoms with Gasteiger partial charge in [-0.1, -0.05) is 6.92 Å². The third-order valence-electron chi connectivity index (χ3n) is 2.09. The minimum atomic E-state index is 0.986. The van der Waals surface area contributed by atoms with Crippen LogP contribution in [0.5, 0.6) is 0 Å². The van der Waals surface area contributed by atoms with Crippen LogP contribution in [-0.4, -0.2) is 15.2 Å². The quantitative estimate of drug-likeness (QED) is 0.693. The molecular weight excluding hydrogens is 150 g/mol. The number of aryl methyl sites for hydroxylation is 2. The Morgan fingerprint density at radius 2 is 2.33 bits per heavy atom. The molecule has 2 aromatic heterocycles. The molecule has 2 rings (SSSR count). The van der Waals surface area contributed by atoms with Crippen molar-refractivity contribution < 1.29 is 0 Å². The highest BCUT2D eigenvalue weighted by Crippen LogP contribution is 2.16. The van der Waals surface area contributed by atoms with Gasteiger partial charge in [-0.25, -0.2) is 0 Å². The van der Waals surface area contributed by atoms with Crippen LogP contribution in [0.25, 0.3) is 10.9 Å². The van der Waals surface area contributed by atoms with Gasteiger partial charge in [-0.2, -0.15) is 5.10 Å². The first-order valence-corrected chi connectivity index (χ1v) is 4.11. The zero-order valence-electron chi connectivity index (χ0n) is 7.26. The van der Waals surface area contributed by atoms with Crippen LogP contribution in [0.2, 0.25) is 0 Å². The molecule has 3 heteroatoms. The maximum absolute atomic E-state index is 4.20. The summed E-state index contributed by atoms with van der Waals surface area (Å²) >= 11 is 0. The highest BCUT2D eigenvalue weighted by atomic mass is 15.1. The first-order valence-electron chi connectivity index (χ1n) is 4.11. The van der Waals surface area contributed by atoms with Gasteiger partial charge < -0.3 is 0 Å². The molecule has 0 fully saturated rings. The van der Waals surface area contributed by atoms with Gasteiger partial charge in [0.05, 0.1) is 5.69 Å². The first-order chi connectivity index (χ1) is 5.83. The third-order valence-corrected chi connectivity index (χ3v) is 2.09. The molecule has 1 N–H and O–H groups in total. The van der Waals surface area contributed by atoms with E-state index in [1.165, 1.54) is 11.1 Å². The van der Waals surface area contributed by atoms with Gasteiger partial charge in [0.15, 0.2) is 0 Å². The average Bonchev–Trinajstić information content (AvgIpc) is 2.49. The second-order valence-corrected chi connectivity index (χ2v) is 2.85. The molecule has 12 heavy (non-hydrogen) atoms. The summed E-state index contributed by atoms with van der Waals surface area (Å²) in [5.74, 6) is 0. The van der Waals surface area contributed by atoms with Gasteiger partial charge in [-0.05, 0) is 19.4 Å². The van der Waals surface area contributed by atoms with Crippen molar-refractivity contribution >= 4 is 10.9 Å². The number of rotatable bonds is 1. The van der Waals surface area contributed by atoms with Gasteiger partial charge in [0, 0.05) is 17.3 Å². The Balaban J connectivity index is 2.80. The fraction of sp³-hybridized carbons (Fsp3) is 0.333. The second-order valence-electron chi connectivity index (χ2n) is 2.85. The fourth-order valence-corrected chi connectivity index (χ4v) is 1.40. The molecule has 3 nitrogen and oxygen atoms in total. The van der Waals surface area contributed by atoms with E-state index in [2.05, 4.69) is 22.1 Å². The topological polar surface area (TPSA) is 41.6 Å². The van der Waals surface area contributed by atoms with Crippen LogP contribution in [0.15, 0.2) is 12.3 Å². The fourth-order valence-electron chi connectivity index (χ4n) is 1.40. The summed E-state index contributed by atoms with van der Waals surface area (Å²) in [6.45, 7) is 4.09. The van der Waals surface area contributed by atoms with Crippen molar-refractivity contribution in [2.24, 2.45) is 0 Å². The van der Waals surface area contributed by atoms with Crippen molar-refractivity contribution in [3.63, 3.8) is 0 Å². The molecule has 0 aromatic carbocycles. The zero-order valence-corrected chi connectivity index (χ0v) is 7.26. The van der Waals surface area contributed by atoms with Gasteiger partial charge in [0.2, 0.25) is 0 Å². The molecule has 0 saturated carbocycles. The monoisotopic (exact) mass is 161 g/mol. The molecule has 2 aromatic rings. The Morgan fingerprint density at radius 3 is 3.08 bits per heavy atom. The number of aromatic nitrogens is 3. The molecule has 62 valence electrons. The van der Waals surface area contributed by atoms with Crippen LogP contribution in [0, 0.1) is 6.92 Å². The summed E-state index contributed by atoms with van der Waals surface area (Å²) < 4.78 is 0. The Morgan fingerprint density at radius 1 is 1.50 bits per heavy atom. The zero-order chi connectivity index (χ0) is 8.55. The van der Waals surface area contributed by atoms with Crippen molar-refractivity contribution in [1.82, 2.24) is 15.2 Å². The van der Waals surface area contributed by atoms with E-state index in [1.807, 2.05) is 19.2 Å². The summed E-state index contributed by atoms with van der Waals surface area (Å²) in [6.07, 6.45) is 2.81. The predicted molar refractivity (Wildman–Crippen MR) is 48.0 cm³/mol. The molecule has 2 heterocycles. The second kappa shape index (κ2) is 2.59. The molecule has 0 saturated heterocycles. The highest BCUT2D eigenvalue weighted by molar-refractivity contribution is 5.82. The van der Waals surface area contributed by atoms with Gasteiger partial charge in [-0.3, -0.25) is 10.1 Å². The Labute approximate surface area is 70.8 Å². The van der Waals surface area contributed by atoms with Crippen LogP contribution in [0.4, 0.5) is 0 Å². The van der Waals surface area contributed by atoms with E-state index in [9.17, 15) is 0 Å². The van der Waals surface area contributed by atoms with Gasteiger partial charge in [0.1, 0.15) is 5.52 Å². The predicted octanol–water partition coefficient (Wildman–Crippen LogP) is 1.83. The summed E-state index contributed by atoms with van der Waals surface area (Å²) in [5.41, 5.74) is 3.17.